The molecule has 1 aliphatic heterocycles. The third-order valence-electron chi connectivity index (χ3n) is 3.92. The lowest BCUT2D eigenvalue weighted by molar-refractivity contribution is 0.0488. The van der Waals surface area contributed by atoms with Crippen LogP contribution in [0.5, 0.6) is 5.88 Å². The maximum Gasteiger partial charge on any atom is 0.218 e. The van der Waals surface area contributed by atoms with E-state index >= 15 is 0 Å². The lowest BCUT2D eigenvalue weighted by Gasteiger charge is -2.23. The molecule has 1 aliphatic rings. The fourth-order valence-electron chi connectivity index (χ4n) is 2.58. The maximum atomic E-state index is 6.06. The van der Waals surface area contributed by atoms with Gasteiger partial charge in [0.2, 0.25) is 5.88 Å². The topological polar surface area (TPSA) is 43.4 Å². The minimum absolute atomic E-state index is 0.453. The first kappa shape index (κ1) is 16.2. The Morgan fingerprint density at radius 2 is 2.05 bits per heavy atom. The Bertz CT molecular complexity index is 454. The summed E-state index contributed by atoms with van der Waals surface area (Å²) >= 11 is 0. The van der Waals surface area contributed by atoms with Crippen LogP contribution >= 0.6 is 0 Å². The molecule has 0 amide bonds. The van der Waals surface area contributed by atoms with Gasteiger partial charge in [-0.15, -0.1) is 0 Å². The van der Waals surface area contributed by atoms with Gasteiger partial charge in [0.25, 0.3) is 0 Å². The molecule has 4 heteroatoms. The molecule has 0 unspecified atom stereocenters. The number of hydrogen-bond acceptors (Lipinski definition) is 4. The average molecular weight is 292 g/mol. The van der Waals surface area contributed by atoms with Gasteiger partial charge in [0.05, 0.1) is 6.61 Å². The van der Waals surface area contributed by atoms with E-state index in [1.807, 2.05) is 6.92 Å². The summed E-state index contributed by atoms with van der Waals surface area (Å²) in [7, 11) is 0. The second kappa shape index (κ2) is 7.76. The Hall–Kier alpha value is -1.13. The van der Waals surface area contributed by atoms with E-state index in [0.29, 0.717) is 12.0 Å². The van der Waals surface area contributed by atoms with Crippen molar-refractivity contribution in [1.29, 1.82) is 0 Å². The fourth-order valence-corrected chi connectivity index (χ4v) is 2.58. The number of pyridine rings is 1. The fraction of sp³-hybridized carbons (Fsp3) is 0.706. The lowest BCUT2D eigenvalue weighted by atomic mass is 10.0. The molecule has 1 fully saturated rings. The van der Waals surface area contributed by atoms with E-state index in [9.17, 15) is 0 Å². The summed E-state index contributed by atoms with van der Waals surface area (Å²) in [4.78, 5) is 4.60. The maximum absolute atomic E-state index is 6.06. The largest absolute Gasteiger partial charge is 0.477 e. The van der Waals surface area contributed by atoms with Crippen LogP contribution in [0.3, 0.4) is 0 Å². The van der Waals surface area contributed by atoms with Crippen LogP contribution in [0.25, 0.3) is 0 Å². The Morgan fingerprint density at radius 3 is 2.71 bits per heavy atom. The number of aryl methyl sites for hydroxylation is 2. The van der Waals surface area contributed by atoms with Crippen molar-refractivity contribution in [3.63, 3.8) is 0 Å². The highest BCUT2D eigenvalue weighted by atomic mass is 16.5. The number of nitrogens with one attached hydrogen (secondary N) is 1. The molecule has 0 saturated carbocycles. The molecular weight excluding hydrogens is 264 g/mol. The minimum Gasteiger partial charge on any atom is -0.477 e. The molecule has 0 spiro atoms. The molecular formula is C17H28N2O2. The van der Waals surface area contributed by atoms with Crippen LogP contribution in [-0.2, 0) is 11.3 Å². The minimum atomic E-state index is 0.453. The van der Waals surface area contributed by atoms with Crippen LogP contribution in [0.2, 0.25) is 0 Å². The number of hydrogen-bond donors (Lipinski definition) is 1. The normalized spacial score (nSPS) is 16.4. The van der Waals surface area contributed by atoms with E-state index in [2.05, 4.69) is 37.1 Å². The van der Waals surface area contributed by atoms with Crippen LogP contribution in [0.1, 0.15) is 43.5 Å². The molecule has 4 nitrogen and oxygen atoms in total. The molecule has 0 bridgehead atoms. The van der Waals surface area contributed by atoms with Gasteiger partial charge in [-0.05, 0) is 44.2 Å². The molecule has 1 aromatic heterocycles. The number of ether oxygens (including phenoxy) is 2. The molecule has 118 valence electrons. The van der Waals surface area contributed by atoms with Crippen molar-refractivity contribution in [3.8, 4) is 5.88 Å². The van der Waals surface area contributed by atoms with Gasteiger partial charge in [-0.2, -0.15) is 0 Å². The van der Waals surface area contributed by atoms with Crippen molar-refractivity contribution in [1.82, 2.24) is 10.3 Å². The van der Waals surface area contributed by atoms with E-state index in [-0.39, 0.29) is 0 Å². The lowest BCUT2D eigenvalue weighted by Crippen LogP contribution is -2.25. The van der Waals surface area contributed by atoms with Crippen molar-refractivity contribution >= 4 is 0 Å². The first-order chi connectivity index (χ1) is 10.1. The summed E-state index contributed by atoms with van der Waals surface area (Å²) in [6.45, 7) is 11.7. The molecule has 0 aliphatic carbocycles. The van der Waals surface area contributed by atoms with Crippen molar-refractivity contribution in [2.45, 2.75) is 53.1 Å². The van der Waals surface area contributed by atoms with Crippen LogP contribution in [0.15, 0.2) is 6.07 Å². The first-order valence-corrected chi connectivity index (χ1v) is 7.97. The second-order valence-electron chi connectivity index (χ2n) is 6.27. The van der Waals surface area contributed by atoms with E-state index in [4.69, 9.17) is 9.47 Å². The van der Waals surface area contributed by atoms with Gasteiger partial charge in [0.15, 0.2) is 0 Å². The van der Waals surface area contributed by atoms with Crippen molar-refractivity contribution in [2.24, 2.45) is 5.92 Å². The van der Waals surface area contributed by atoms with Crippen LogP contribution in [0, 0.1) is 19.8 Å². The Kier molecular flexibility index (Phi) is 6.00. The molecule has 0 atom stereocenters. The highest BCUT2D eigenvalue weighted by Gasteiger charge is 2.17. The van der Waals surface area contributed by atoms with E-state index in [0.717, 1.165) is 50.8 Å². The molecule has 1 aromatic rings. The van der Waals surface area contributed by atoms with Gasteiger partial charge in [0.1, 0.15) is 0 Å². The SMILES string of the molecule is Cc1cc(C)c(CNC(C)C)c(OCC2CCOCC2)n1. The third-order valence-corrected chi connectivity index (χ3v) is 3.92. The van der Waals surface area contributed by atoms with Gasteiger partial charge in [-0.25, -0.2) is 4.98 Å². The third kappa shape index (κ3) is 4.97. The van der Waals surface area contributed by atoms with E-state index < -0.39 is 0 Å². The Morgan fingerprint density at radius 1 is 1.33 bits per heavy atom. The smallest absolute Gasteiger partial charge is 0.218 e. The Balaban J connectivity index is 2.04. The predicted molar refractivity (Wildman–Crippen MR) is 84.7 cm³/mol. The number of aromatic nitrogens is 1. The number of rotatable bonds is 6. The number of nitrogens with zero attached hydrogens (tertiary/aromatic N) is 1. The average Bonchev–Trinajstić information content (AvgIpc) is 2.44. The van der Waals surface area contributed by atoms with Crippen molar-refractivity contribution in [2.75, 3.05) is 19.8 Å². The van der Waals surface area contributed by atoms with Crippen LogP contribution in [0.4, 0.5) is 0 Å². The summed E-state index contributed by atoms with van der Waals surface area (Å²) in [6, 6.07) is 2.58. The zero-order valence-electron chi connectivity index (χ0n) is 13.7. The summed E-state index contributed by atoms with van der Waals surface area (Å²) in [5.41, 5.74) is 3.45. The molecule has 2 rings (SSSR count). The van der Waals surface area contributed by atoms with Gasteiger partial charge in [0, 0.05) is 37.1 Å². The zero-order valence-corrected chi connectivity index (χ0v) is 13.7. The molecule has 2 heterocycles. The van der Waals surface area contributed by atoms with Crippen LogP contribution < -0.4 is 10.1 Å². The summed E-state index contributed by atoms with van der Waals surface area (Å²) in [6.07, 6.45) is 2.18. The standard InChI is InChI=1S/C17H28N2O2/c1-12(2)18-10-16-13(3)9-14(4)19-17(16)21-11-15-5-7-20-8-6-15/h9,12,15,18H,5-8,10-11H2,1-4H3. The van der Waals surface area contributed by atoms with Gasteiger partial charge in [-0.3, -0.25) is 0 Å². The van der Waals surface area contributed by atoms with Crippen molar-refractivity contribution in [3.05, 3.63) is 22.9 Å². The molecule has 1 N–H and O–H groups in total. The molecule has 0 aromatic carbocycles. The highest BCUT2D eigenvalue weighted by molar-refractivity contribution is 5.35. The summed E-state index contributed by atoms with van der Waals surface area (Å²) < 4.78 is 11.5. The van der Waals surface area contributed by atoms with Crippen LogP contribution in [-0.4, -0.2) is 30.8 Å². The van der Waals surface area contributed by atoms with Gasteiger partial charge >= 0.3 is 0 Å². The van der Waals surface area contributed by atoms with Gasteiger partial charge in [-0.1, -0.05) is 13.8 Å². The molecule has 1 saturated heterocycles. The Labute approximate surface area is 128 Å². The van der Waals surface area contributed by atoms with Gasteiger partial charge < -0.3 is 14.8 Å². The highest BCUT2D eigenvalue weighted by Crippen LogP contribution is 2.23. The van der Waals surface area contributed by atoms with E-state index in [1.165, 1.54) is 11.1 Å². The predicted octanol–water partition coefficient (Wildman–Crippen LogP) is 3.00. The summed E-state index contributed by atoms with van der Waals surface area (Å²) in [5, 5.41) is 3.46. The second-order valence-corrected chi connectivity index (χ2v) is 6.27. The monoisotopic (exact) mass is 292 g/mol. The zero-order chi connectivity index (χ0) is 15.2. The van der Waals surface area contributed by atoms with E-state index in [1.54, 1.807) is 0 Å². The quantitative estimate of drug-likeness (QED) is 0.875. The van der Waals surface area contributed by atoms with Crippen molar-refractivity contribution < 1.29 is 9.47 Å². The molecule has 0 radical (unpaired) electrons. The summed E-state index contributed by atoms with van der Waals surface area (Å²) in [5.74, 6) is 1.39. The molecule has 21 heavy (non-hydrogen) atoms. The first-order valence-electron chi connectivity index (χ1n) is 7.97.